The van der Waals surface area contributed by atoms with E-state index >= 15 is 0 Å². The van der Waals surface area contributed by atoms with Gasteiger partial charge in [-0.15, -0.1) is 0 Å². The lowest BCUT2D eigenvalue weighted by Gasteiger charge is -2.37. The van der Waals surface area contributed by atoms with Crippen LogP contribution in [0.4, 0.5) is 0 Å². The molecule has 0 radical (unpaired) electrons. The van der Waals surface area contributed by atoms with Crippen molar-refractivity contribution in [1.29, 1.82) is 0 Å². The molecule has 1 N–H and O–H groups in total. The number of aromatic nitrogens is 1. The molecule has 1 aromatic heterocycles. The molecule has 0 aliphatic carbocycles. The molecule has 0 spiro atoms. The van der Waals surface area contributed by atoms with E-state index in [1.165, 1.54) is 0 Å². The molecule has 3 nitrogen and oxygen atoms in total. The minimum atomic E-state index is 0.197. The molecule has 1 atom stereocenters. The maximum atomic E-state index is 4.43. The van der Waals surface area contributed by atoms with Gasteiger partial charge >= 0.3 is 0 Å². The quantitative estimate of drug-likeness (QED) is 0.845. The van der Waals surface area contributed by atoms with Crippen LogP contribution in [0.1, 0.15) is 26.5 Å². The van der Waals surface area contributed by atoms with E-state index < -0.39 is 0 Å². The van der Waals surface area contributed by atoms with E-state index in [1.807, 2.05) is 12.3 Å². The van der Waals surface area contributed by atoms with Crippen LogP contribution >= 0.6 is 0 Å². The lowest BCUT2D eigenvalue weighted by atomic mass is 10.0. The second-order valence-electron chi connectivity index (χ2n) is 5.75. The number of pyridine rings is 1. The van der Waals surface area contributed by atoms with Crippen molar-refractivity contribution >= 4 is 0 Å². The molecule has 2 heterocycles. The van der Waals surface area contributed by atoms with Crippen molar-refractivity contribution < 1.29 is 0 Å². The van der Waals surface area contributed by atoms with Crippen LogP contribution in [-0.4, -0.2) is 35.1 Å². The van der Waals surface area contributed by atoms with Crippen LogP contribution in [0.2, 0.25) is 0 Å². The summed E-state index contributed by atoms with van der Waals surface area (Å²) in [6, 6.07) is 6.15. The normalized spacial score (nSPS) is 25.5. The molecule has 1 saturated heterocycles. The Balaban J connectivity index is 2.11. The average molecular weight is 233 g/mol. The second-order valence-corrected chi connectivity index (χ2v) is 5.75. The van der Waals surface area contributed by atoms with Crippen molar-refractivity contribution in [3.63, 3.8) is 0 Å². The van der Waals surface area contributed by atoms with Crippen LogP contribution in [0.5, 0.6) is 0 Å². The summed E-state index contributed by atoms with van der Waals surface area (Å²) in [5.41, 5.74) is 1.36. The van der Waals surface area contributed by atoms with Crippen molar-refractivity contribution in [3.05, 3.63) is 30.1 Å². The summed E-state index contributed by atoms with van der Waals surface area (Å²) in [5.74, 6) is 0.695. The summed E-state index contributed by atoms with van der Waals surface area (Å²) >= 11 is 0. The number of hydrogen-bond acceptors (Lipinski definition) is 3. The largest absolute Gasteiger partial charge is 0.315 e. The fourth-order valence-corrected chi connectivity index (χ4v) is 2.39. The summed E-state index contributed by atoms with van der Waals surface area (Å²) in [5, 5.41) is 3.54. The van der Waals surface area contributed by atoms with Crippen LogP contribution < -0.4 is 5.32 Å². The van der Waals surface area contributed by atoms with Gasteiger partial charge < -0.3 is 5.32 Å². The molecule has 0 saturated carbocycles. The molecule has 2 rings (SSSR count). The molecule has 0 bridgehead atoms. The zero-order valence-corrected chi connectivity index (χ0v) is 11.1. The maximum Gasteiger partial charge on any atom is 0.0544 e. The molecule has 1 aliphatic rings. The van der Waals surface area contributed by atoms with Crippen LogP contribution in [0.3, 0.4) is 0 Å². The lowest BCUT2D eigenvalue weighted by molar-refractivity contribution is 0.112. The monoisotopic (exact) mass is 233 g/mol. The molecule has 94 valence electrons. The zero-order valence-electron chi connectivity index (χ0n) is 11.1. The Hall–Kier alpha value is -0.930. The molecule has 1 fully saturated rings. The SMILES string of the molecule is CC1CNCC(C)(C)N(Cc2ccccn2)C1. The van der Waals surface area contributed by atoms with Crippen LogP contribution in [-0.2, 0) is 6.54 Å². The van der Waals surface area contributed by atoms with Gasteiger partial charge in [-0.1, -0.05) is 13.0 Å². The van der Waals surface area contributed by atoms with Crippen molar-refractivity contribution in [1.82, 2.24) is 15.2 Å². The van der Waals surface area contributed by atoms with Crippen LogP contribution in [0.25, 0.3) is 0 Å². The third-order valence-electron chi connectivity index (χ3n) is 3.52. The first-order valence-electron chi connectivity index (χ1n) is 6.43. The predicted molar refractivity (Wildman–Crippen MR) is 70.8 cm³/mol. The van der Waals surface area contributed by atoms with E-state index in [0.717, 1.165) is 31.9 Å². The highest BCUT2D eigenvalue weighted by Gasteiger charge is 2.30. The third-order valence-corrected chi connectivity index (χ3v) is 3.52. The second kappa shape index (κ2) is 5.15. The van der Waals surface area contributed by atoms with Gasteiger partial charge in [0.2, 0.25) is 0 Å². The zero-order chi connectivity index (χ0) is 12.3. The molecule has 1 aromatic rings. The Kier molecular flexibility index (Phi) is 3.79. The Morgan fingerprint density at radius 3 is 3.00 bits per heavy atom. The van der Waals surface area contributed by atoms with E-state index in [2.05, 4.69) is 48.1 Å². The number of hydrogen-bond donors (Lipinski definition) is 1. The van der Waals surface area contributed by atoms with Gasteiger partial charge in [0.05, 0.1) is 5.69 Å². The summed E-state index contributed by atoms with van der Waals surface area (Å²) in [6.45, 7) is 11.2. The van der Waals surface area contributed by atoms with Crippen molar-refractivity contribution in [2.75, 3.05) is 19.6 Å². The summed E-state index contributed by atoms with van der Waals surface area (Å²) < 4.78 is 0. The Morgan fingerprint density at radius 1 is 1.47 bits per heavy atom. The molecular formula is C14H23N3. The first-order chi connectivity index (χ1) is 8.08. The van der Waals surface area contributed by atoms with Gasteiger partial charge in [-0.2, -0.15) is 0 Å². The molecule has 17 heavy (non-hydrogen) atoms. The van der Waals surface area contributed by atoms with Gasteiger partial charge in [0.1, 0.15) is 0 Å². The van der Waals surface area contributed by atoms with Gasteiger partial charge in [-0.3, -0.25) is 9.88 Å². The molecular weight excluding hydrogens is 210 g/mol. The molecule has 0 aromatic carbocycles. The smallest absolute Gasteiger partial charge is 0.0544 e. The van der Waals surface area contributed by atoms with Gasteiger partial charge in [-0.05, 0) is 38.4 Å². The molecule has 3 heteroatoms. The summed E-state index contributed by atoms with van der Waals surface area (Å²) in [7, 11) is 0. The first kappa shape index (κ1) is 12.5. The molecule has 1 aliphatic heterocycles. The highest BCUT2D eigenvalue weighted by Crippen LogP contribution is 2.20. The summed E-state index contributed by atoms with van der Waals surface area (Å²) in [6.07, 6.45) is 1.88. The number of nitrogens with zero attached hydrogens (tertiary/aromatic N) is 2. The van der Waals surface area contributed by atoms with Crippen molar-refractivity contribution in [3.8, 4) is 0 Å². The highest BCUT2D eigenvalue weighted by molar-refractivity contribution is 5.04. The maximum absolute atomic E-state index is 4.43. The lowest BCUT2D eigenvalue weighted by Crippen LogP contribution is -2.48. The van der Waals surface area contributed by atoms with Gasteiger partial charge in [0.15, 0.2) is 0 Å². The minimum Gasteiger partial charge on any atom is -0.315 e. The van der Waals surface area contributed by atoms with E-state index in [4.69, 9.17) is 0 Å². The Labute approximate surface area is 104 Å². The van der Waals surface area contributed by atoms with E-state index in [1.54, 1.807) is 0 Å². The summed E-state index contributed by atoms with van der Waals surface area (Å²) in [4.78, 5) is 6.97. The first-order valence-corrected chi connectivity index (χ1v) is 6.43. The van der Waals surface area contributed by atoms with Gasteiger partial charge in [0, 0.05) is 31.4 Å². The van der Waals surface area contributed by atoms with Gasteiger partial charge in [0.25, 0.3) is 0 Å². The average Bonchev–Trinajstić information content (AvgIpc) is 2.40. The van der Waals surface area contributed by atoms with E-state index in [-0.39, 0.29) is 5.54 Å². The predicted octanol–water partition coefficient (Wildman–Crippen LogP) is 1.90. The molecule has 0 amide bonds. The topological polar surface area (TPSA) is 28.2 Å². The van der Waals surface area contributed by atoms with Crippen molar-refractivity contribution in [2.24, 2.45) is 5.92 Å². The third kappa shape index (κ3) is 3.27. The van der Waals surface area contributed by atoms with E-state index in [9.17, 15) is 0 Å². The standard InChI is InChI=1S/C14H23N3/c1-12-8-15-11-14(2,3)17(9-12)10-13-6-4-5-7-16-13/h4-7,12,15H,8-11H2,1-3H3. The minimum absolute atomic E-state index is 0.197. The van der Waals surface area contributed by atoms with Crippen molar-refractivity contribution in [2.45, 2.75) is 32.9 Å². The Morgan fingerprint density at radius 2 is 2.29 bits per heavy atom. The fraction of sp³-hybridized carbons (Fsp3) is 0.643. The number of nitrogens with one attached hydrogen (secondary N) is 1. The van der Waals surface area contributed by atoms with E-state index in [0.29, 0.717) is 5.92 Å². The molecule has 1 unspecified atom stereocenters. The Bertz CT molecular complexity index is 348. The number of rotatable bonds is 2. The highest BCUT2D eigenvalue weighted by atomic mass is 15.2. The van der Waals surface area contributed by atoms with Gasteiger partial charge in [-0.25, -0.2) is 0 Å². The fourth-order valence-electron chi connectivity index (χ4n) is 2.39. The van der Waals surface area contributed by atoms with Crippen LogP contribution in [0, 0.1) is 5.92 Å². The van der Waals surface area contributed by atoms with Crippen LogP contribution in [0.15, 0.2) is 24.4 Å².